The van der Waals surface area contributed by atoms with Crippen molar-refractivity contribution in [3.05, 3.63) is 28.8 Å². The van der Waals surface area contributed by atoms with Crippen LogP contribution in [-0.2, 0) is 11.3 Å². The van der Waals surface area contributed by atoms with Gasteiger partial charge in [-0.2, -0.15) is 8.78 Å². The highest BCUT2D eigenvalue weighted by Crippen LogP contribution is 2.24. The molecule has 0 bridgehead atoms. The zero-order chi connectivity index (χ0) is 15.3. The molecule has 0 heterocycles. The molecule has 20 heavy (non-hydrogen) atoms. The Bertz CT molecular complexity index is 470. The van der Waals surface area contributed by atoms with Gasteiger partial charge in [-0.25, -0.2) is 0 Å². The van der Waals surface area contributed by atoms with Gasteiger partial charge in [0.15, 0.2) is 0 Å². The first-order valence-corrected chi connectivity index (χ1v) is 6.45. The molecule has 0 saturated heterocycles. The van der Waals surface area contributed by atoms with Gasteiger partial charge in [0.1, 0.15) is 5.75 Å². The first-order valence-electron chi connectivity index (χ1n) is 6.07. The Balaban J connectivity index is 2.76. The van der Waals surface area contributed by atoms with Crippen molar-refractivity contribution in [2.75, 3.05) is 0 Å². The second-order valence-corrected chi connectivity index (χ2v) is 4.93. The molecular weight excluding hydrogens is 290 g/mol. The standard InChI is InChI=1S/C13H17ClF2N2O2/c1-7(8(2)17)12(19)18-6-9-5-10(14)3-4-11(9)20-13(15)16/h3-5,7-8,13H,6,17H2,1-2H3,(H,18,19). The highest BCUT2D eigenvalue weighted by molar-refractivity contribution is 6.30. The lowest BCUT2D eigenvalue weighted by Gasteiger charge is -2.16. The summed E-state index contributed by atoms with van der Waals surface area (Å²) in [5.74, 6) is -0.658. The Morgan fingerprint density at radius 1 is 1.45 bits per heavy atom. The molecule has 7 heteroatoms. The Morgan fingerprint density at radius 3 is 2.65 bits per heavy atom. The fraction of sp³-hybridized carbons (Fsp3) is 0.462. The molecule has 3 N–H and O–H groups in total. The van der Waals surface area contributed by atoms with Crippen molar-refractivity contribution in [2.45, 2.75) is 33.0 Å². The quantitative estimate of drug-likeness (QED) is 0.849. The lowest BCUT2D eigenvalue weighted by atomic mass is 10.0. The SMILES string of the molecule is CC(N)C(C)C(=O)NCc1cc(Cl)ccc1OC(F)F. The highest BCUT2D eigenvalue weighted by Gasteiger charge is 2.17. The molecule has 0 aliphatic rings. The van der Waals surface area contributed by atoms with E-state index in [1.807, 2.05) is 0 Å². The molecule has 1 rings (SSSR count). The van der Waals surface area contributed by atoms with Crippen LogP contribution in [0.5, 0.6) is 5.75 Å². The molecule has 112 valence electrons. The number of nitrogens with two attached hydrogens (primary N) is 1. The zero-order valence-electron chi connectivity index (χ0n) is 11.2. The summed E-state index contributed by atoms with van der Waals surface area (Å²) in [5.41, 5.74) is 6.00. The topological polar surface area (TPSA) is 64.4 Å². The van der Waals surface area contributed by atoms with Crippen LogP contribution in [0.15, 0.2) is 18.2 Å². The number of ether oxygens (including phenoxy) is 1. The van der Waals surface area contributed by atoms with Gasteiger partial charge in [-0.05, 0) is 25.1 Å². The largest absolute Gasteiger partial charge is 0.434 e. The van der Waals surface area contributed by atoms with Crippen LogP contribution in [0.4, 0.5) is 8.78 Å². The summed E-state index contributed by atoms with van der Waals surface area (Å²) in [6.45, 7) is 0.510. The van der Waals surface area contributed by atoms with Gasteiger partial charge in [0.25, 0.3) is 0 Å². The lowest BCUT2D eigenvalue weighted by molar-refractivity contribution is -0.125. The van der Waals surface area contributed by atoms with E-state index in [9.17, 15) is 13.6 Å². The molecule has 2 unspecified atom stereocenters. The first-order chi connectivity index (χ1) is 9.31. The first kappa shape index (κ1) is 16.7. The summed E-state index contributed by atoms with van der Waals surface area (Å²) in [6.07, 6.45) is 0. The normalized spacial score (nSPS) is 13.9. The number of amides is 1. The van der Waals surface area contributed by atoms with Crippen molar-refractivity contribution in [3.63, 3.8) is 0 Å². The third-order valence-corrected chi connectivity index (χ3v) is 3.13. The molecule has 0 aromatic heterocycles. The lowest BCUT2D eigenvalue weighted by Crippen LogP contribution is -2.38. The van der Waals surface area contributed by atoms with Crippen LogP contribution < -0.4 is 15.8 Å². The maximum absolute atomic E-state index is 12.3. The number of hydrogen-bond acceptors (Lipinski definition) is 3. The van der Waals surface area contributed by atoms with Crippen LogP contribution in [0, 0.1) is 5.92 Å². The minimum Gasteiger partial charge on any atom is -0.434 e. The number of carbonyl (C=O) groups excluding carboxylic acids is 1. The van der Waals surface area contributed by atoms with E-state index < -0.39 is 6.61 Å². The van der Waals surface area contributed by atoms with Gasteiger partial charge in [0.2, 0.25) is 5.91 Å². The van der Waals surface area contributed by atoms with Crippen molar-refractivity contribution < 1.29 is 18.3 Å². The predicted octanol–water partition coefficient (Wildman–Crippen LogP) is 2.54. The van der Waals surface area contributed by atoms with Crippen LogP contribution in [-0.4, -0.2) is 18.6 Å². The monoisotopic (exact) mass is 306 g/mol. The molecule has 0 saturated carbocycles. The summed E-state index contributed by atoms with van der Waals surface area (Å²) in [4.78, 5) is 11.8. The number of halogens is 3. The highest BCUT2D eigenvalue weighted by atomic mass is 35.5. The number of alkyl halides is 2. The molecule has 0 fully saturated rings. The van der Waals surface area contributed by atoms with Gasteiger partial charge in [0, 0.05) is 29.1 Å². The summed E-state index contributed by atoms with van der Waals surface area (Å²) in [6, 6.07) is 3.95. The molecule has 2 atom stereocenters. The molecule has 0 radical (unpaired) electrons. The summed E-state index contributed by atoms with van der Waals surface area (Å²) in [7, 11) is 0. The molecule has 0 aliphatic carbocycles. The molecule has 1 aromatic carbocycles. The van der Waals surface area contributed by atoms with Crippen molar-refractivity contribution in [3.8, 4) is 5.75 Å². The van der Waals surface area contributed by atoms with Gasteiger partial charge in [0.05, 0.1) is 0 Å². The van der Waals surface area contributed by atoms with E-state index in [-0.39, 0.29) is 30.2 Å². The maximum atomic E-state index is 12.3. The van der Waals surface area contributed by atoms with E-state index in [2.05, 4.69) is 10.1 Å². The number of benzene rings is 1. The summed E-state index contributed by atoms with van der Waals surface area (Å²) in [5, 5.41) is 2.99. The smallest absolute Gasteiger partial charge is 0.387 e. The van der Waals surface area contributed by atoms with E-state index in [4.69, 9.17) is 17.3 Å². The summed E-state index contributed by atoms with van der Waals surface area (Å²) < 4.78 is 28.9. The minimum absolute atomic E-state index is 0.0156. The average Bonchev–Trinajstić information content (AvgIpc) is 2.37. The number of carbonyl (C=O) groups is 1. The van der Waals surface area contributed by atoms with E-state index in [0.29, 0.717) is 10.6 Å². The maximum Gasteiger partial charge on any atom is 0.387 e. The minimum atomic E-state index is -2.94. The second-order valence-electron chi connectivity index (χ2n) is 4.50. The van der Waals surface area contributed by atoms with Crippen LogP contribution in [0.1, 0.15) is 19.4 Å². The van der Waals surface area contributed by atoms with Gasteiger partial charge in [-0.15, -0.1) is 0 Å². The predicted molar refractivity (Wildman–Crippen MR) is 72.7 cm³/mol. The molecule has 0 aliphatic heterocycles. The number of nitrogens with one attached hydrogen (secondary N) is 1. The van der Waals surface area contributed by atoms with E-state index >= 15 is 0 Å². The van der Waals surface area contributed by atoms with Crippen LogP contribution in [0.3, 0.4) is 0 Å². The number of hydrogen-bond donors (Lipinski definition) is 2. The molecule has 4 nitrogen and oxygen atoms in total. The fourth-order valence-electron chi connectivity index (χ4n) is 1.48. The average molecular weight is 307 g/mol. The molecule has 1 amide bonds. The second kappa shape index (κ2) is 7.40. The Morgan fingerprint density at radius 2 is 2.10 bits per heavy atom. The van der Waals surface area contributed by atoms with E-state index in [1.54, 1.807) is 13.8 Å². The van der Waals surface area contributed by atoms with E-state index in [0.717, 1.165) is 0 Å². The Labute approximate surface area is 121 Å². The summed E-state index contributed by atoms with van der Waals surface area (Å²) >= 11 is 5.81. The zero-order valence-corrected chi connectivity index (χ0v) is 12.0. The van der Waals surface area contributed by atoms with Gasteiger partial charge >= 0.3 is 6.61 Å². The molecule has 0 spiro atoms. The van der Waals surface area contributed by atoms with Crippen LogP contribution >= 0.6 is 11.6 Å². The third kappa shape index (κ3) is 4.94. The van der Waals surface area contributed by atoms with Crippen molar-refractivity contribution in [1.82, 2.24) is 5.32 Å². The number of rotatable bonds is 6. The van der Waals surface area contributed by atoms with Crippen molar-refractivity contribution >= 4 is 17.5 Å². The van der Waals surface area contributed by atoms with Gasteiger partial charge < -0.3 is 15.8 Å². The molecule has 1 aromatic rings. The third-order valence-electron chi connectivity index (χ3n) is 2.89. The fourth-order valence-corrected chi connectivity index (χ4v) is 1.67. The van der Waals surface area contributed by atoms with Crippen LogP contribution in [0.25, 0.3) is 0 Å². The van der Waals surface area contributed by atoms with Crippen molar-refractivity contribution in [2.24, 2.45) is 11.7 Å². The molecular formula is C13H17ClF2N2O2. The van der Waals surface area contributed by atoms with Crippen molar-refractivity contribution in [1.29, 1.82) is 0 Å². The Kier molecular flexibility index (Phi) is 6.16. The van der Waals surface area contributed by atoms with Gasteiger partial charge in [-0.1, -0.05) is 18.5 Å². The van der Waals surface area contributed by atoms with E-state index in [1.165, 1.54) is 18.2 Å². The Hall–Kier alpha value is -1.40. The van der Waals surface area contributed by atoms with Crippen LogP contribution in [0.2, 0.25) is 5.02 Å². The van der Waals surface area contributed by atoms with Gasteiger partial charge in [-0.3, -0.25) is 4.79 Å².